The largest absolute Gasteiger partial charge is 0.365 e. The summed E-state index contributed by atoms with van der Waals surface area (Å²) in [7, 11) is -3.85. The molecule has 2 amide bonds. The van der Waals surface area contributed by atoms with Gasteiger partial charge in [-0.1, -0.05) is 78.3 Å². The van der Waals surface area contributed by atoms with Crippen molar-refractivity contribution in [2.24, 2.45) is 5.92 Å². The molecule has 3 atom stereocenters. The Morgan fingerprint density at radius 3 is 2.38 bits per heavy atom. The van der Waals surface area contributed by atoms with Gasteiger partial charge in [0.05, 0.1) is 10.9 Å². The number of aromatic nitrogens is 2. The molecule has 0 saturated heterocycles. The molecule has 5 rings (SSSR count). The number of hydrogen-bond donors (Lipinski definition) is 3. The normalized spacial score (nSPS) is 20.3. The number of benzene rings is 2. The third kappa shape index (κ3) is 5.98. The highest BCUT2D eigenvalue weighted by molar-refractivity contribution is 7.91. The summed E-state index contributed by atoms with van der Waals surface area (Å²) in [6.07, 6.45) is 3.27. The average Bonchev–Trinajstić information content (AvgIpc) is 3.90. The lowest BCUT2D eigenvalue weighted by atomic mass is 10.0. The number of hydrogen-bond acceptors (Lipinski definition) is 7. The van der Waals surface area contributed by atoms with Crippen LogP contribution in [0.2, 0.25) is 5.15 Å². The number of amides is 2. The predicted octanol–water partition coefficient (Wildman–Crippen LogP) is 3.12. The summed E-state index contributed by atoms with van der Waals surface area (Å²) < 4.78 is 28.5. The maximum Gasteiger partial charge on any atom is 0.294 e. The highest BCUT2D eigenvalue weighted by atomic mass is 35.5. The lowest BCUT2D eigenvalue weighted by Crippen LogP contribution is -2.54. The van der Waals surface area contributed by atoms with Gasteiger partial charge in [-0.25, -0.2) is 13.4 Å². The first-order chi connectivity index (χ1) is 20.1. The summed E-state index contributed by atoms with van der Waals surface area (Å²) in [4.78, 5) is 45.5. The summed E-state index contributed by atoms with van der Waals surface area (Å²) in [5, 5.41) is 5.24. The van der Waals surface area contributed by atoms with E-state index in [1.165, 1.54) is 10.6 Å². The molecule has 2 saturated carbocycles. The van der Waals surface area contributed by atoms with Crippen LogP contribution in [0.4, 0.5) is 5.82 Å². The van der Waals surface area contributed by atoms with Crippen LogP contribution in [0.1, 0.15) is 42.1 Å². The second kappa shape index (κ2) is 11.7. The van der Waals surface area contributed by atoms with E-state index < -0.39 is 50.1 Å². The Morgan fingerprint density at radius 2 is 1.79 bits per heavy atom. The van der Waals surface area contributed by atoms with Crippen LogP contribution in [0.3, 0.4) is 0 Å². The Balaban J connectivity index is 1.48. The lowest BCUT2D eigenvalue weighted by Gasteiger charge is -2.26. The second-order valence-corrected chi connectivity index (χ2v) is 13.0. The van der Waals surface area contributed by atoms with E-state index in [1.54, 1.807) is 37.3 Å². The van der Waals surface area contributed by atoms with Crippen molar-refractivity contribution in [1.82, 2.24) is 19.6 Å². The number of halogens is 1. The average molecular weight is 610 g/mol. The molecular weight excluding hydrogens is 578 g/mol. The molecule has 220 valence electrons. The van der Waals surface area contributed by atoms with Crippen LogP contribution in [0.5, 0.6) is 0 Å². The van der Waals surface area contributed by atoms with E-state index in [2.05, 4.69) is 26.9 Å². The molecule has 0 aliphatic heterocycles. The minimum Gasteiger partial charge on any atom is -0.365 e. The van der Waals surface area contributed by atoms with Gasteiger partial charge in [0.1, 0.15) is 11.6 Å². The SMILES string of the molecule is C=C[C@@H]1C[C@]1(NC(=O)C(c1ccccc1)n1c(C)c(Cl)nc(NCCc2ccccc2)c1=O)C(=O)NS(=O)(=O)C1CC1. The summed E-state index contributed by atoms with van der Waals surface area (Å²) in [6, 6.07) is 17.1. The molecule has 42 heavy (non-hydrogen) atoms. The van der Waals surface area contributed by atoms with E-state index in [-0.39, 0.29) is 23.1 Å². The van der Waals surface area contributed by atoms with Crippen LogP contribution in [-0.2, 0) is 26.0 Å². The quantitative estimate of drug-likeness (QED) is 0.268. The van der Waals surface area contributed by atoms with Crippen molar-refractivity contribution in [2.75, 3.05) is 11.9 Å². The molecule has 3 N–H and O–H groups in total. The Morgan fingerprint density at radius 1 is 1.14 bits per heavy atom. The van der Waals surface area contributed by atoms with Crippen LogP contribution >= 0.6 is 11.6 Å². The third-order valence-electron chi connectivity index (χ3n) is 7.71. The number of sulfonamides is 1. The fourth-order valence-corrected chi connectivity index (χ4v) is 6.59. The first-order valence-electron chi connectivity index (χ1n) is 13.7. The molecule has 1 aromatic heterocycles. The van der Waals surface area contributed by atoms with E-state index in [1.807, 2.05) is 30.3 Å². The van der Waals surface area contributed by atoms with Gasteiger partial charge in [0, 0.05) is 12.5 Å². The monoisotopic (exact) mass is 609 g/mol. The minimum atomic E-state index is -3.85. The summed E-state index contributed by atoms with van der Waals surface area (Å²) in [5.74, 6) is -2.00. The van der Waals surface area contributed by atoms with Crippen molar-refractivity contribution in [3.8, 4) is 0 Å². The zero-order valence-electron chi connectivity index (χ0n) is 23.0. The molecule has 2 fully saturated rings. The van der Waals surface area contributed by atoms with E-state index >= 15 is 0 Å². The highest BCUT2D eigenvalue weighted by Gasteiger charge is 2.61. The smallest absolute Gasteiger partial charge is 0.294 e. The lowest BCUT2D eigenvalue weighted by molar-refractivity contribution is -0.130. The molecule has 0 spiro atoms. The van der Waals surface area contributed by atoms with Crippen molar-refractivity contribution < 1.29 is 18.0 Å². The second-order valence-electron chi connectivity index (χ2n) is 10.7. The fraction of sp³-hybridized carbons (Fsp3) is 0.333. The van der Waals surface area contributed by atoms with Crippen LogP contribution in [-0.4, -0.2) is 47.1 Å². The molecule has 3 aromatic rings. The van der Waals surface area contributed by atoms with Crippen molar-refractivity contribution in [2.45, 2.75) is 49.4 Å². The molecule has 0 bridgehead atoms. The van der Waals surface area contributed by atoms with Gasteiger partial charge in [0.2, 0.25) is 15.9 Å². The van der Waals surface area contributed by atoms with Gasteiger partial charge in [0.25, 0.3) is 11.5 Å². The van der Waals surface area contributed by atoms with E-state index in [9.17, 15) is 22.8 Å². The Labute approximate surface area is 249 Å². The number of nitrogens with one attached hydrogen (secondary N) is 3. The van der Waals surface area contributed by atoms with E-state index in [4.69, 9.17) is 11.6 Å². The van der Waals surface area contributed by atoms with Crippen LogP contribution in [0.25, 0.3) is 0 Å². The van der Waals surface area contributed by atoms with Crippen LogP contribution < -0.4 is 20.9 Å². The van der Waals surface area contributed by atoms with Crippen molar-refractivity contribution in [3.05, 3.63) is 106 Å². The summed E-state index contributed by atoms with van der Waals surface area (Å²) in [6.45, 7) is 5.73. The summed E-state index contributed by atoms with van der Waals surface area (Å²) >= 11 is 6.49. The standard InChI is InChI=1S/C30H32ClN5O5S/c1-3-22-18-30(22,29(39)35-42(40,41)23-14-15-23)34-27(37)24(21-12-8-5-9-13-21)36-19(2)25(31)33-26(28(36)38)32-17-16-20-10-6-4-7-11-20/h3-13,22-24H,1,14-18H2,2H3,(H,32,33)(H,34,37)(H,35,39)/t22-,24?,30-/m1/s1. The Kier molecular flexibility index (Phi) is 8.25. The highest BCUT2D eigenvalue weighted by Crippen LogP contribution is 2.45. The molecule has 10 nitrogen and oxygen atoms in total. The first-order valence-corrected chi connectivity index (χ1v) is 15.6. The maximum atomic E-state index is 14.1. The van der Waals surface area contributed by atoms with Crippen molar-refractivity contribution in [3.63, 3.8) is 0 Å². The summed E-state index contributed by atoms with van der Waals surface area (Å²) in [5.41, 5.74) is -0.294. The zero-order valence-corrected chi connectivity index (χ0v) is 24.6. The van der Waals surface area contributed by atoms with Crippen molar-refractivity contribution in [1.29, 1.82) is 0 Å². The van der Waals surface area contributed by atoms with Gasteiger partial charge in [0.15, 0.2) is 11.0 Å². The van der Waals surface area contributed by atoms with Gasteiger partial charge >= 0.3 is 0 Å². The molecule has 2 aliphatic rings. The van der Waals surface area contributed by atoms with Gasteiger partial charge in [-0.15, -0.1) is 6.58 Å². The number of carbonyl (C=O) groups excluding carboxylic acids is 2. The Bertz CT molecular complexity index is 1680. The van der Waals surface area contributed by atoms with Gasteiger partial charge in [-0.05, 0) is 43.7 Å². The molecule has 0 radical (unpaired) electrons. The predicted molar refractivity (Wildman–Crippen MR) is 161 cm³/mol. The number of anilines is 1. The minimum absolute atomic E-state index is 0.0198. The molecule has 1 heterocycles. The maximum absolute atomic E-state index is 14.1. The topological polar surface area (TPSA) is 139 Å². The molecular formula is C30H32ClN5O5S. The molecule has 12 heteroatoms. The van der Waals surface area contributed by atoms with Crippen LogP contribution in [0.15, 0.2) is 78.1 Å². The fourth-order valence-electron chi connectivity index (χ4n) is 5.05. The number of carbonyl (C=O) groups is 2. The first kappa shape index (κ1) is 29.5. The molecule has 2 aliphatic carbocycles. The number of rotatable bonds is 12. The molecule has 2 aromatic carbocycles. The van der Waals surface area contributed by atoms with E-state index in [0.717, 1.165) is 5.56 Å². The van der Waals surface area contributed by atoms with Gasteiger partial charge in [-0.3, -0.25) is 23.7 Å². The van der Waals surface area contributed by atoms with Gasteiger partial charge < -0.3 is 10.6 Å². The van der Waals surface area contributed by atoms with Crippen LogP contribution in [0, 0.1) is 12.8 Å². The third-order valence-corrected chi connectivity index (χ3v) is 9.89. The van der Waals surface area contributed by atoms with Gasteiger partial charge in [-0.2, -0.15) is 0 Å². The molecule has 1 unspecified atom stereocenters. The Hall–Kier alpha value is -3.96. The number of nitrogens with zero attached hydrogens (tertiary/aromatic N) is 2. The van der Waals surface area contributed by atoms with Crippen molar-refractivity contribution >= 4 is 39.3 Å². The van der Waals surface area contributed by atoms with E-state index in [0.29, 0.717) is 31.4 Å². The zero-order chi connectivity index (χ0) is 30.1.